The van der Waals surface area contributed by atoms with Crippen LogP contribution in [0.2, 0.25) is 0 Å². The number of hydrogen-bond donors (Lipinski definition) is 2. The first-order valence-corrected chi connectivity index (χ1v) is 15.3. The maximum atomic E-state index is 13.4. The Hall–Kier alpha value is -4.61. The van der Waals surface area contributed by atoms with Crippen molar-refractivity contribution in [2.24, 2.45) is 0 Å². The molecule has 0 unspecified atom stereocenters. The number of thiazole rings is 2. The number of fused-ring (bicyclic) bond motifs is 3. The van der Waals surface area contributed by atoms with Gasteiger partial charge in [-0.15, -0.1) is 11.3 Å². The zero-order valence-electron chi connectivity index (χ0n) is 22.5. The van der Waals surface area contributed by atoms with E-state index in [1.165, 1.54) is 22.7 Å². The molecule has 0 aliphatic carbocycles. The molecule has 2 N–H and O–H groups in total. The minimum Gasteiger partial charge on any atom is -0.476 e. The Kier molecular flexibility index (Phi) is 6.88. The SMILES string of the molecule is O=C(Nc1nc2ccccc2s1)c1cccc2c1CN(c1nc(C(=O)O)c(CCCn3ccc4cccnc43)s1)CC2. The van der Waals surface area contributed by atoms with Gasteiger partial charge in [0.15, 0.2) is 16.0 Å². The molecule has 1 aliphatic rings. The Labute approximate surface area is 249 Å². The third kappa shape index (κ3) is 5.01. The van der Waals surface area contributed by atoms with E-state index in [1.54, 1.807) is 6.20 Å². The van der Waals surface area contributed by atoms with Crippen molar-refractivity contribution in [1.82, 2.24) is 19.5 Å². The lowest BCUT2D eigenvalue weighted by molar-refractivity contribution is 0.0690. The fourth-order valence-electron chi connectivity index (χ4n) is 5.47. The molecule has 4 aromatic heterocycles. The number of carbonyl (C=O) groups excluding carboxylic acids is 1. The predicted molar refractivity (Wildman–Crippen MR) is 166 cm³/mol. The van der Waals surface area contributed by atoms with Crippen molar-refractivity contribution in [1.29, 1.82) is 0 Å². The standard InChI is InChI=1S/C31H26N6O3S2/c38-28(35-30-33-23-9-1-2-10-24(23)41-30)21-8-3-6-19-12-17-37(18-22(19)21)31-34-26(29(39)40)25(42-31)11-5-15-36-16-13-20-7-4-14-32-27(20)36/h1-4,6-10,13-14,16H,5,11-12,15,17-18H2,(H,39,40)(H,33,35,38). The van der Waals surface area contributed by atoms with Crippen molar-refractivity contribution >= 4 is 66.1 Å². The molecule has 0 spiro atoms. The van der Waals surface area contributed by atoms with Crippen molar-refractivity contribution in [3.05, 3.63) is 100 Å². The summed E-state index contributed by atoms with van der Waals surface area (Å²) < 4.78 is 3.11. The van der Waals surface area contributed by atoms with Crippen molar-refractivity contribution in [3.8, 4) is 0 Å². The van der Waals surface area contributed by atoms with Gasteiger partial charge in [-0.1, -0.05) is 35.6 Å². The lowest BCUT2D eigenvalue weighted by Gasteiger charge is -2.29. The first kappa shape index (κ1) is 26.3. The number of carboxylic acids is 1. The molecule has 0 saturated carbocycles. The summed E-state index contributed by atoms with van der Waals surface area (Å²) in [5.74, 6) is -1.22. The van der Waals surface area contributed by atoms with Crippen molar-refractivity contribution < 1.29 is 14.7 Å². The normalized spacial score (nSPS) is 13.0. The summed E-state index contributed by atoms with van der Waals surface area (Å²) in [6.45, 7) is 1.91. The number of aryl methyl sites for hydroxylation is 2. The van der Waals surface area contributed by atoms with Crippen molar-refractivity contribution in [2.75, 3.05) is 16.8 Å². The number of nitrogens with one attached hydrogen (secondary N) is 1. The Morgan fingerprint density at radius 3 is 2.79 bits per heavy atom. The quantitative estimate of drug-likeness (QED) is 0.214. The van der Waals surface area contributed by atoms with Gasteiger partial charge in [0.05, 0.1) is 10.2 Å². The van der Waals surface area contributed by atoms with Crippen LogP contribution in [0.5, 0.6) is 0 Å². The molecular weight excluding hydrogens is 569 g/mol. The van der Waals surface area contributed by atoms with Crippen LogP contribution in [0, 0.1) is 0 Å². The van der Waals surface area contributed by atoms with Gasteiger partial charge in [-0.2, -0.15) is 0 Å². The summed E-state index contributed by atoms with van der Waals surface area (Å²) in [4.78, 5) is 41.9. The number of aromatic nitrogens is 4. The van der Waals surface area contributed by atoms with Crippen molar-refractivity contribution in [2.45, 2.75) is 32.4 Å². The van der Waals surface area contributed by atoms with Crippen LogP contribution in [-0.4, -0.2) is 43.0 Å². The second-order valence-corrected chi connectivity index (χ2v) is 12.3. The van der Waals surface area contributed by atoms with Crippen LogP contribution in [0.25, 0.3) is 21.3 Å². The van der Waals surface area contributed by atoms with E-state index in [4.69, 9.17) is 0 Å². The second kappa shape index (κ2) is 11.0. The number of aromatic carboxylic acids is 1. The lowest BCUT2D eigenvalue weighted by Crippen LogP contribution is -2.32. The lowest BCUT2D eigenvalue weighted by atomic mass is 9.94. The Morgan fingerprint density at radius 2 is 1.90 bits per heavy atom. The molecule has 1 aliphatic heterocycles. The van der Waals surface area contributed by atoms with E-state index in [0.717, 1.165) is 56.6 Å². The predicted octanol–water partition coefficient (Wildman–Crippen LogP) is 6.25. The number of para-hydroxylation sites is 1. The number of benzene rings is 2. The van der Waals surface area contributed by atoms with Crippen LogP contribution < -0.4 is 10.2 Å². The highest BCUT2D eigenvalue weighted by molar-refractivity contribution is 7.22. The van der Waals surface area contributed by atoms with Crippen LogP contribution in [0.15, 0.2) is 73.1 Å². The molecule has 1 amide bonds. The average Bonchev–Trinajstić information content (AvgIpc) is 3.73. The van der Waals surface area contributed by atoms with E-state index < -0.39 is 5.97 Å². The molecule has 6 aromatic rings. The highest BCUT2D eigenvalue weighted by atomic mass is 32.1. The third-order valence-electron chi connectivity index (χ3n) is 7.52. The molecule has 0 saturated heterocycles. The zero-order valence-corrected chi connectivity index (χ0v) is 24.1. The van der Waals surface area contributed by atoms with E-state index in [2.05, 4.69) is 35.8 Å². The summed E-state index contributed by atoms with van der Waals surface area (Å²) in [5, 5.41) is 15.2. The number of hydrogen-bond acceptors (Lipinski definition) is 8. The van der Waals surface area contributed by atoms with Crippen LogP contribution in [0.4, 0.5) is 10.3 Å². The molecule has 5 heterocycles. The summed E-state index contributed by atoms with van der Waals surface area (Å²) >= 11 is 2.87. The molecule has 9 nitrogen and oxygen atoms in total. The third-order valence-corrected chi connectivity index (χ3v) is 9.64. The van der Waals surface area contributed by atoms with Gasteiger partial charge in [0.2, 0.25) is 0 Å². The Bertz CT molecular complexity index is 1930. The molecule has 42 heavy (non-hydrogen) atoms. The monoisotopic (exact) mass is 594 g/mol. The summed E-state index contributed by atoms with van der Waals surface area (Å²) in [5.41, 5.74) is 4.54. The first-order valence-electron chi connectivity index (χ1n) is 13.7. The van der Waals surface area contributed by atoms with Crippen LogP contribution >= 0.6 is 22.7 Å². The summed E-state index contributed by atoms with van der Waals surface area (Å²) in [6.07, 6.45) is 5.91. The second-order valence-electron chi connectivity index (χ2n) is 10.2. The van der Waals surface area contributed by atoms with Crippen LogP contribution in [0.3, 0.4) is 0 Å². The molecule has 0 radical (unpaired) electrons. The van der Waals surface area contributed by atoms with E-state index >= 15 is 0 Å². The molecule has 210 valence electrons. The number of pyridine rings is 1. The fraction of sp³-hybridized carbons (Fsp3) is 0.194. The molecule has 0 atom stereocenters. The average molecular weight is 595 g/mol. The fourth-order valence-corrected chi connectivity index (χ4v) is 7.45. The van der Waals surface area contributed by atoms with Crippen LogP contribution in [0.1, 0.15) is 43.3 Å². The van der Waals surface area contributed by atoms with Gasteiger partial charge in [-0.3, -0.25) is 10.1 Å². The number of anilines is 2. The number of amides is 1. The van der Waals surface area contributed by atoms with Gasteiger partial charge in [-0.05, 0) is 66.8 Å². The largest absolute Gasteiger partial charge is 0.476 e. The van der Waals surface area contributed by atoms with Gasteiger partial charge in [0.25, 0.3) is 5.91 Å². The van der Waals surface area contributed by atoms with E-state index in [1.807, 2.05) is 60.8 Å². The van der Waals surface area contributed by atoms with Crippen molar-refractivity contribution in [3.63, 3.8) is 0 Å². The topological polar surface area (TPSA) is 113 Å². The van der Waals surface area contributed by atoms with Gasteiger partial charge in [0, 0.05) is 47.9 Å². The first-order chi connectivity index (χ1) is 20.5. The zero-order chi connectivity index (χ0) is 28.6. The van der Waals surface area contributed by atoms with E-state index in [0.29, 0.717) is 35.3 Å². The van der Waals surface area contributed by atoms with E-state index in [9.17, 15) is 14.7 Å². The molecule has 0 fully saturated rings. The summed E-state index contributed by atoms with van der Waals surface area (Å²) in [6, 6.07) is 19.6. The van der Waals surface area contributed by atoms with Crippen LogP contribution in [-0.2, 0) is 25.9 Å². The molecule has 0 bridgehead atoms. The Balaban J connectivity index is 1.09. The molecule has 11 heteroatoms. The van der Waals surface area contributed by atoms with Gasteiger partial charge in [0.1, 0.15) is 5.65 Å². The summed E-state index contributed by atoms with van der Waals surface area (Å²) in [7, 11) is 0. The minimum absolute atomic E-state index is 0.109. The van der Waals surface area contributed by atoms with Gasteiger partial charge < -0.3 is 14.6 Å². The number of carboxylic acid groups (broad SMARTS) is 1. The maximum absolute atomic E-state index is 13.4. The maximum Gasteiger partial charge on any atom is 0.355 e. The molecule has 7 rings (SSSR count). The Morgan fingerprint density at radius 1 is 1.00 bits per heavy atom. The molecular formula is C31H26N6O3S2. The minimum atomic E-state index is -1.02. The smallest absolute Gasteiger partial charge is 0.355 e. The highest BCUT2D eigenvalue weighted by Gasteiger charge is 2.26. The van der Waals surface area contributed by atoms with E-state index in [-0.39, 0.29) is 11.6 Å². The highest BCUT2D eigenvalue weighted by Crippen LogP contribution is 2.33. The number of rotatable bonds is 8. The van der Waals surface area contributed by atoms with Gasteiger partial charge >= 0.3 is 5.97 Å². The van der Waals surface area contributed by atoms with Gasteiger partial charge in [-0.25, -0.2) is 19.7 Å². The number of carbonyl (C=O) groups is 2. The molecule has 2 aromatic carbocycles. The number of nitrogens with zero attached hydrogens (tertiary/aromatic N) is 5.